The number of ether oxygens (including phenoxy) is 1. The second-order valence-corrected chi connectivity index (χ2v) is 10.8. The number of hydrogen-bond acceptors (Lipinski definition) is 3. The molecule has 2 atom stereocenters. The molecule has 0 radical (unpaired) electrons. The van der Waals surface area contributed by atoms with E-state index in [1.54, 1.807) is 11.3 Å². The molecule has 4 saturated carbocycles. The summed E-state index contributed by atoms with van der Waals surface area (Å²) in [6, 6.07) is 4.30. The third-order valence-corrected chi connectivity index (χ3v) is 8.27. The van der Waals surface area contributed by atoms with Crippen LogP contribution in [-0.4, -0.2) is 37.2 Å². The predicted octanol–water partition coefficient (Wildman–Crippen LogP) is 2.40. The van der Waals surface area contributed by atoms with Crippen LogP contribution in [-0.2, 0) is 16.1 Å². The smallest absolute Gasteiger partial charge is 0.275 e. The summed E-state index contributed by atoms with van der Waals surface area (Å²) in [6.45, 7) is 3.36. The van der Waals surface area contributed by atoms with Crippen LogP contribution in [0, 0.1) is 17.8 Å². The third-order valence-electron chi connectivity index (χ3n) is 7.40. The molecule has 6 rings (SSSR count). The van der Waals surface area contributed by atoms with E-state index in [4.69, 9.17) is 4.74 Å². The summed E-state index contributed by atoms with van der Waals surface area (Å²) in [5.74, 6) is 2.88. The van der Waals surface area contributed by atoms with Gasteiger partial charge in [-0.15, -0.1) is 11.3 Å². The number of quaternary nitrogens is 1. The highest BCUT2D eigenvalue weighted by Crippen LogP contribution is 2.55. The molecule has 4 bridgehead atoms. The van der Waals surface area contributed by atoms with E-state index in [0.29, 0.717) is 12.6 Å². The van der Waals surface area contributed by atoms with Gasteiger partial charge in [0, 0.05) is 12.1 Å². The van der Waals surface area contributed by atoms with E-state index in [1.807, 2.05) is 0 Å². The average molecular weight is 390 g/mol. The Kier molecular flexibility index (Phi) is 5.03. The van der Waals surface area contributed by atoms with Crippen molar-refractivity contribution >= 4 is 17.2 Å². The van der Waals surface area contributed by atoms with E-state index in [2.05, 4.69) is 22.8 Å². The summed E-state index contributed by atoms with van der Waals surface area (Å²) >= 11 is 1.80. The van der Waals surface area contributed by atoms with Gasteiger partial charge in [-0.3, -0.25) is 4.79 Å². The number of rotatable bonds is 7. The number of carbonyl (C=O) groups excluding carboxylic acids is 1. The van der Waals surface area contributed by atoms with E-state index in [-0.39, 0.29) is 11.4 Å². The molecule has 5 fully saturated rings. The molecule has 27 heavy (non-hydrogen) atoms. The Morgan fingerprint density at radius 1 is 1.22 bits per heavy atom. The Hall–Kier alpha value is -0.910. The van der Waals surface area contributed by atoms with Crippen LogP contribution >= 0.6 is 11.3 Å². The van der Waals surface area contributed by atoms with Crippen molar-refractivity contribution in [3.63, 3.8) is 0 Å². The molecular formula is C22H33N2O2S+. The molecule has 1 amide bonds. The Balaban J connectivity index is 1.22. The van der Waals surface area contributed by atoms with Gasteiger partial charge in [0.25, 0.3) is 5.91 Å². The lowest BCUT2D eigenvalue weighted by Crippen LogP contribution is -3.13. The lowest BCUT2D eigenvalue weighted by Gasteiger charge is -2.56. The molecule has 2 N–H and O–H groups in total. The van der Waals surface area contributed by atoms with Gasteiger partial charge in [0.15, 0.2) is 6.54 Å². The monoisotopic (exact) mass is 389 g/mol. The fourth-order valence-corrected chi connectivity index (χ4v) is 7.60. The Bertz CT molecular complexity index is 618. The van der Waals surface area contributed by atoms with Crippen LogP contribution in [0.25, 0.3) is 0 Å². The maximum absolute atomic E-state index is 13.1. The summed E-state index contributed by atoms with van der Waals surface area (Å²) < 4.78 is 5.87. The maximum Gasteiger partial charge on any atom is 0.275 e. The Morgan fingerprint density at radius 2 is 1.96 bits per heavy atom. The zero-order valence-corrected chi connectivity index (χ0v) is 17.1. The minimum atomic E-state index is 0.129. The third kappa shape index (κ3) is 4.10. The first-order valence-corrected chi connectivity index (χ1v) is 11.8. The van der Waals surface area contributed by atoms with E-state index in [9.17, 15) is 4.79 Å². The van der Waals surface area contributed by atoms with E-state index in [0.717, 1.165) is 50.3 Å². The molecule has 4 aliphatic carbocycles. The van der Waals surface area contributed by atoms with E-state index < -0.39 is 0 Å². The largest absolute Gasteiger partial charge is 0.372 e. The predicted molar refractivity (Wildman–Crippen MR) is 107 cm³/mol. The maximum atomic E-state index is 13.1. The van der Waals surface area contributed by atoms with E-state index >= 15 is 0 Å². The second-order valence-electron chi connectivity index (χ2n) is 9.77. The molecule has 1 aliphatic heterocycles. The highest BCUT2D eigenvalue weighted by Gasteiger charge is 2.51. The highest BCUT2D eigenvalue weighted by atomic mass is 32.1. The molecule has 1 saturated heterocycles. The number of nitrogens with one attached hydrogen (secondary N) is 2. The number of amides is 1. The van der Waals surface area contributed by atoms with Gasteiger partial charge in [-0.25, -0.2) is 0 Å². The van der Waals surface area contributed by atoms with Crippen LogP contribution in [0.1, 0.15) is 56.2 Å². The lowest BCUT2D eigenvalue weighted by atomic mass is 9.53. The summed E-state index contributed by atoms with van der Waals surface area (Å²) in [7, 11) is 0. The molecule has 0 aromatic carbocycles. The van der Waals surface area contributed by atoms with Crippen molar-refractivity contribution in [2.45, 2.75) is 69.6 Å². The minimum absolute atomic E-state index is 0.129. The second kappa shape index (κ2) is 7.49. The van der Waals surface area contributed by atoms with Gasteiger partial charge in [-0.1, -0.05) is 6.07 Å². The van der Waals surface area contributed by atoms with Crippen molar-refractivity contribution in [3.05, 3.63) is 22.4 Å². The fourth-order valence-electron chi connectivity index (χ4n) is 6.82. The van der Waals surface area contributed by atoms with Crippen molar-refractivity contribution < 1.29 is 14.4 Å². The normalized spacial score (nSPS) is 38.2. The van der Waals surface area contributed by atoms with Crippen LogP contribution < -0.4 is 10.2 Å². The van der Waals surface area contributed by atoms with E-state index in [1.165, 1.54) is 48.3 Å². The van der Waals surface area contributed by atoms with Gasteiger partial charge in [0.05, 0.1) is 4.88 Å². The SMILES string of the molecule is O=C(C[NH+](Cc1cccs1)C[C@@H]1CCCO1)NC12CC3CC(CC(C3)C1)C2. The van der Waals surface area contributed by atoms with Crippen LogP contribution in [0.2, 0.25) is 0 Å². The van der Waals surface area contributed by atoms with Crippen molar-refractivity contribution in [2.75, 3.05) is 19.7 Å². The first kappa shape index (κ1) is 18.1. The first-order valence-electron chi connectivity index (χ1n) is 10.9. The lowest BCUT2D eigenvalue weighted by molar-refractivity contribution is -0.908. The molecule has 0 spiro atoms. The van der Waals surface area contributed by atoms with Gasteiger partial charge in [-0.2, -0.15) is 0 Å². The standard InChI is InChI=1S/C22H32N2O2S/c25-21(23-22-10-16-7-17(11-22)9-18(8-16)12-22)15-24(13-19-3-1-5-26-19)14-20-4-2-6-27-20/h2,4,6,16-19H,1,3,5,7-15H2,(H,23,25)/p+1/t16?,17?,18?,19-,22?/m0/s1. The number of carbonyl (C=O) groups is 1. The molecule has 1 aromatic heterocycles. The summed E-state index contributed by atoms with van der Waals surface area (Å²) in [6.07, 6.45) is 10.6. The van der Waals surface area contributed by atoms with Gasteiger partial charge >= 0.3 is 0 Å². The molecule has 2 heterocycles. The van der Waals surface area contributed by atoms with Gasteiger partial charge < -0.3 is 15.0 Å². The minimum Gasteiger partial charge on any atom is -0.372 e. The summed E-state index contributed by atoms with van der Waals surface area (Å²) in [5, 5.41) is 5.70. The number of thiophene rings is 1. The molecule has 148 valence electrons. The molecular weight excluding hydrogens is 356 g/mol. The molecule has 1 unspecified atom stereocenters. The molecule has 5 heteroatoms. The quantitative estimate of drug-likeness (QED) is 0.752. The van der Waals surface area contributed by atoms with Gasteiger partial charge in [0.1, 0.15) is 19.2 Å². The van der Waals surface area contributed by atoms with Crippen LogP contribution in [0.15, 0.2) is 17.5 Å². The van der Waals surface area contributed by atoms with Crippen molar-refractivity contribution in [1.29, 1.82) is 0 Å². The van der Waals surface area contributed by atoms with Crippen molar-refractivity contribution in [1.82, 2.24) is 5.32 Å². The first-order chi connectivity index (χ1) is 13.2. The van der Waals surface area contributed by atoms with Crippen LogP contribution in [0.5, 0.6) is 0 Å². The van der Waals surface area contributed by atoms with Crippen LogP contribution in [0.3, 0.4) is 0 Å². The molecule has 4 nitrogen and oxygen atoms in total. The zero-order chi connectivity index (χ0) is 18.3. The van der Waals surface area contributed by atoms with Gasteiger partial charge in [-0.05, 0) is 80.6 Å². The van der Waals surface area contributed by atoms with Crippen LogP contribution in [0.4, 0.5) is 0 Å². The average Bonchev–Trinajstić information content (AvgIpc) is 3.26. The highest BCUT2D eigenvalue weighted by molar-refractivity contribution is 7.09. The zero-order valence-electron chi connectivity index (χ0n) is 16.3. The Labute approximate surface area is 166 Å². The summed E-state index contributed by atoms with van der Waals surface area (Å²) in [4.78, 5) is 15.8. The number of hydrogen-bond donors (Lipinski definition) is 2. The molecule has 5 aliphatic rings. The topological polar surface area (TPSA) is 42.8 Å². The fraction of sp³-hybridized carbons (Fsp3) is 0.773. The molecule has 1 aromatic rings. The van der Waals surface area contributed by atoms with Crippen molar-refractivity contribution in [2.24, 2.45) is 17.8 Å². The van der Waals surface area contributed by atoms with Crippen molar-refractivity contribution in [3.8, 4) is 0 Å². The van der Waals surface area contributed by atoms with Gasteiger partial charge in [0.2, 0.25) is 0 Å². The summed E-state index contributed by atoms with van der Waals surface area (Å²) in [5.41, 5.74) is 0.129. The Morgan fingerprint density at radius 3 is 2.56 bits per heavy atom.